The zero-order valence-corrected chi connectivity index (χ0v) is 14.6. The van der Waals surface area contributed by atoms with E-state index in [1.807, 2.05) is 60.2 Å². The van der Waals surface area contributed by atoms with E-state index < -0.39 is 0 Å². The SMILES string of the molecule is CC1=C(C(=O)Nc2ccccc2)C2C(=C(N)n3cccc32)C(=S)S1. The highest BCUT2D eigenvalue weighted by Crippen LogP contribution is 2.49. The van der Waals surface area contributed by atoms with Crippen LogP contribution in [0, 0.1) is 0 Å². The number of hydrogen-bond acceptors (Lipinski definition) is 4. The minimum absolute atomic E-state index is 0.112. The third kappa shape index (κ3) is 2.22. The fourth-order valence-electron chi connectivity index (χ4n) is 3.25. The average Bonchev–Trinajstić information content (AvgIpc) is 3.12. The van der Waals surface area contributed by atoms with Crippen LogP contribution < -0.4 is 11.1 Å². The molecule has 2 aliphatic heterocycles. The van der Waals surface area contributed by atoms with E-state index in [1.165, 1.54) is 11.8 Å². The number of benzene rings is 1. The van der Waals surface area contributed by atoms with Crippen LogP contribution in [0.1, 0.15) is 18.5 Å². The molecule has 1 unspecified atom stereocenters. The van der Waals surface area contributed by atoms with Crippen molar-refractivity contribution in [3.63, 3.8) is 0 Å². The molecule has 3 N–H and O–H groups in total. The predicted molar refractivity (Wildman–Crippen MR) is 103 cm³/mol. The molecule has 6 heteroatoms. The lowest BCUT2D eigenvalue weighted by Gasteiger charge is -2.26. The summed E-state index contributed by atoms with van der Waals surface area (Å²) in [6, 6.07) is 13.4. The lowest BCUT2D eigenvalue weighted by Crippen LogP contribution is -2.25. The van der Waals surface area contributed by atoms with Gasteiger partial charge in [0.05, 0.1) is 10.1 Å². The molecule has 0 aliphatic carbocycles. The Kier molecular flexibility index (Phi) is 3.58. The standard InChI is InChI=1S/C18H15N3OS2/c1-10-13(17(22)20-11-6-3-2-4-7-11)14-12-8-5-9-21(12)16(19)15(14)18(23)24-10/h2-9,14H,19H2,1H3,(H,20,22). The van der Waals surface area contributed by atoms with Gasteiger partial charge < -0.3 is 15.6 Å². The summed E-state index contributed by atoms with van der Waals surface area (Å²) in [7, 11) is 0. The number of rotatable bonds is 2. The average molecular weight is 353 g/mol. The van der Waals surface area contributed by atoms with Gasteiger partial charge in [-0.3, -0.25) is 4.79 Å². The first-order chi connectivity index (χ1) is 11.6. The highest BCUT2D eigenvalue weighted by molar-refractivity contribution is 8.26. The Labute approximate surface area is 149 Å². The molecule has 2 aromatic rings. The molecule has 24 heavy (non-hydrogen) atoms. The van der Waals surface area contributed by atoms with Gasteiger partial charge in [-0.2, -0.15) is 0 Å². The number of amides is 1. The summed E-state index contributed by atoms with van der Waals surface area (Å²) >= 11 is 6.97. The predicted octanol–water partition coefficient (Wildman–Crippen LogP) is 3.70. The van der Waals surface area contributed by atoms with E-state index in [0.717, 1.165) is 26.1 Å². The molecule has 0 fully saturated rings. The number of nitrogens with two attached hydrogens (primary N) is 1. The Hall–Kier alpha value is -2.31. The smallest absolute Gasteiger partial charge is 0.253 e. The van der Waals surface area contributed by atoms with Crippen molar-refractivity contribution in [3.8, 4) is 0 Å². The Bertz CT molecular complexity index is 925. The Morgan fingerprint density at radius 1 is 1.25 bits per heavy atom. The fraction of sp³-hybridized carbons (Fsp3) is 0.111. The van der Waals surface area contributed by atoms with Crippen LogP contribution in [0.5, 0.6) is 0 Å². The Balaban J connectivity index is 1.79. The zero-order valence-electron chi connectivity index (χ0n) is 12.9. The Morgan fingerprint density at radius 2 is 2.00 bits per heavy atom. The van der Waals surface area contributed by atoms with E-state index in [2.05, 4.69) is 5.32 Å². The third-order valence-corrected chi connectivity index (χ3v) is 5.71. The van der Waals surface area contributed by atoms with Crippen LogP contribution >= 0.6 is 24.0 Å². The van der Waals surface area contributed by atoms with Gasteiger partial charge >= 0.3 is 0 Å². The van der Waals surface area contributed by atoms with Gasteiger partial charge in [0.2, 0.25) is 0 Å². The number of carbonyl (C=O) groups excluding carboxylic acids is 1. The van der Waals surface area contributed by atoms with Gasteiger partial charge in [0.15, 0.2) is 0 Å². The molecule has 1 atom stereocenters. The van der Waals surface area contributed by atoms with E-state index in [4.69, 9.17) is 18.0 Å². The number of fused-ring (bicyclic) bond motifs is 3. The molecule has 0 saturated carbocycles. The van der Waals surface area contributed by atoms with E-state index in [1.54, 1.807) is 0 Å². The molecule has 1 aromatic heterocycles. The maximum atomic E-state index is 13.0. The topological polar surface area (TPSA) is 60.1 Å². The molecule has 4 rings (SSSR count). The van der Waals surface area contributed by atoms with Crippen molar-refractivity contribution >= 4 is 45.6 Å². The van der Waals surface area contributed by atoms with Crippen LogP contribution in [0.3, 0.4) is 0 Å². The number of hydrogen-bond donors (Lipinski definition) is 2. The van der Waals surface area contributed by atoms with Crippen LogP contribution in [0.4, 0.5) is 5.69 Å². The summed E-state index contributed by atoms with van der Waals surface area (Å²) in [4.78, 5) is 13.9. The number of nitrogens with zero attached hydrogens (tertiary/aromatic N) is 1. The van der Waals surface area contributed by atoms with E-state index in [-0.39, 0.29) is 11.8 Å². The second kappa shape index (κ2) is 5.65. The molecule has 0 spiro atoms. The number of thiocarbonyl (C=S) groups is 1. The van der Waals surface area contributed by atoms with Gasteiger partial charge in [-0.15, -0.1) is 0 Å². The minimum atomic E-state index is -0.197. The Morgan fingerprint density at radius 3 is 2.75 bits per heavy atom. The van der Waals surface area contributed by atoms with Crippen molar-refractivity contribution in [2.75, 3.05) is 5.32 Å². The van der Waals surface area contributed by atoms with Gasteiger partial charge in [-0.05, 0) is 36.1 Å². The molecule has 1 aromatic carbocycles. The number of allylic oxidation sites excluding steroid dienone is 1. The summed E-state index contributed by atoms with van der Waals surface area (Å²) in [5, 5.41) is 2.98. The maximum absolute atomic E-state index is 13.0. The summed E-state index contributed by atoms with van der Waals surface area (Å²) in [5.41, 5.74) is 9.63. The normalized spacial score (nSPS) is 19.4. The van der Waals surface area contributed by atoms with Gasteiger partial charge in [-0.1, -0.05) is 42.2 Å². The molecule has 3 heterocycles. The second-order valence-electron chi connectivity index (χ2n) is 5.71. The molecule has 120 valence electrons. The van der Waals surface area contributed by atoms with E-state index in [0.29, 0.717) is 11.4 Å². The zero-order chi connectivity index (χ0) is 16.8. The van der Waals surface area contributed by atoms with E-state index in [9.17, 15) is 4.79 Å². The van der Waals surface area contributed by atoms with Gasteiger partial charge in [0.1, 0.15) is 5.82 Å². The fourth-order valence-corrected chi connectivity index (χ4v) is 4.78. The molecule has 0 bridgehead atoms. The van der Waals surface area contributed by atoms with Crippen molar-refractivity contribution in [1.82, 2.24) is 4.57 Å². The molecule has 0 radical (unpaired) electrons. The van der Waals surface area contributed by atoms with Gasteiger partial charge in [0.25, 0.3) is 5.91 Å². The van der Waals surface area contributed by atoms with Crippen LogP contribution in [0.2, 0.25) is 0 Å². The van der Waals surface area contributed by atoms with E-state index >= 15 is 0 Å². The molecular formula is C18H15N3OS2. The van der Waals surface area contributed by atoms with Crippen LogP contribution in [-0.2, 0) is 4.79 Å². The quantitative estimate of drug-likeness (QED) is 0.808. The van der Waals surface area contributed by atoms with Crippen molar-refractivity contribution in [2.45, 2.75) is 12.8 Å². The number of carbonyl (C=O) groups is 1. The first kappa shape index (κ1) is 15.2. The number of para-hydroxylation sites is 1. The first-order valence-electron chi connectivity index (χ1n) is 7.54. The summed E-state index contributed by atoms with van der Waals surface area (Å²) in [5.74, 6) is 0.311. The molecule has 2 aliphatic rings. The van der Waals surface area contributed by atoms with Crippen LogP contribution in [0.25, 0.3) is 5.82 Å². The minimum Gasteiger partial charge on any atom is -0.385 e. The molecular weight excluding hydrogens is 338 g/mol. The lowest BCUT2D eigenvalue weighted by atomic mass is 9.89. The third-order valence-electron chi connectivity index (χ3n) is 4.31. The highest BCUT2D eigenvalue weighted by Gasteiger charge is 2.41. The summed E-state index contributed by atoms with van der Waals surface area (Å²) in [6.07, 6.45) is 1.91. The summed E-state index contributed by atoms with van der Waals surface area (Å²) < 4.78 is 2.66. The first-order valence-corrected chi connectivity index (χ1v) is 8.77. The maximum Gasteiger partial charge on any atom is 0.253 e. The van der Waals surface area contributed by atoms with Gasteiger partial charge in [-0.25, -0.2) is 0 Å². The summed E-state index contributed by atoms with van der Waals surface area (Å²) in [6.45, 7) is 1.94. The van der Waals surface area contributed by atoms with Crippen molar-refractivity contribution in [3.05, 3.63) is 70.4 Å². The number of aromatic nitrogens is 1. The molecule has 4 nitrogen and oxygen atoms in total. The molecule has 0 saturated heterocycles. The number of nitrogens with one attached hydrogen (secondary N) is 1. The monoisotopic (exact) mass is 353 g/mol. The van der Waals surface area contributed by atoms with Gasteiger partial charge in [0, 0.05) is 28.7 Å². The highest BCUT2D eigenvalue weighted by atomic mass is 32.2. The van der Waals surface area contributed by atoms with Crippen LogP contribution in [-0.4, -0.2) is 14.7 Å². The number of anilines is 1. The largest absolute Gasteiger partial charge is 0.385 e. The van der Waals surface area contributed by atoms with Crippen LogP contribution in [0.15, 0.2) is 64.7 Å². The number of thioether (sulfide) groups is 1. The second-order valence-corrected chi connectivity index (χ2v) is 7.61. The van der Waals surface area contributed by atoms with Crippen molar-refractivity contribution < 1.29 is 4.79 Å². The molecule has 1 amide bonds. The lowest BCUT2D eigenvalue weighted by molar-refractivity contribution is -0.113. The van der Waals surface area contributed by atoms with Crippen molar-refractivity contribution in [1.29, 1.82) is 0 Å². The van der Waals surface area contributed by atoms with Crippen molar-refractivity contribution in [2.24, 2.45) is 5.73 Å².